The second-order valence-corrected chi connectivity index (χ2v) is 6.54. The van der Waals surface area contributed by atoms with Crippen molar-refractivity contribution < 1.29 is 9.53 Å². The van der Waals surface area contributed by atoms with Gasteiger partial charge in [0.2, 0.25) is 5.91 Å². The monoisotopic (exact) mass is 347 g/mol. The summed E-state index contributed by atoms with van der Waals surface area (Å²) in [5.41, 5.74) is 1.09. The average Bonchev–Trinajstić information content (AvgIpc) is 2.70. The van der Waals surface area contributed by atoms with Gasteiger partial charge in [-0.15, -0.1) is 0 Å². The lowest BCUT2D eigenvalue weighted by Crippen LogP contribution is -2.42. The van der Waals surface area contributed by atoms with Crippen LogP contribution in [-0.4, -0.2) is 40.0 Å². The molecule has 3 aromatic rings. The van der Waals surface area contributed by atoms with Crippen LogP contribution in [0.2, 0.25) is 0 Å². The Kier molecular flexibility index (Phi) is 4.78. The minimum atomic E-state index is 0.0685. The smallest absolute Gasteiger partial charge is 0.316 e. The molecule has 0 atom stereocenters. The third-order valence-electron chi connectivity index (χ3n) is 4.83. The van der Waals surface area contributed by atoms with Crippen molar-refractivity contribution in [2.24, 2.45) is 0 Å². The van der Waals surface area contributed by atoms with Crippen LogP contribution >= 0.6 is 0 Å². The summed E-state index contributed by atoms with van der Waals surface area (Å²) in [7, 11) is 0. The van der Waals surface area contributed by atoms with Crippen LogP contribution < -0.4 is 4.74 Å². The van der Waals surface area contributed by atoms with Gasteiger partial charge in [0.1, 0.15) is 6.10 Å². The third-order valence-corrected chi connectivity index (χ3v) is 4.83. The summed E-state index contributed by atoms with van der Waals surface area (Å²) >= 11 is 0. The summed E-state index contributed by atoms with van der Waals surface area (Å²) in [6.07, 6.45) is 5.46. The Labute approximate surface area is 152 Å². The van der Waals surface area contributed by atoms with Gasteiger partial charge in [0.05, 0.1) is 6.42 Å². The highest BCUT2D eigenvalue weighted by molar-refractivity contribution is 5.90. The Morgan fingerprint density at radius 2 is 1.73 bits per heavy atom. The van der Waals surface area contributed by atoms with Gasteiger partial charge in [-0.05, 0) is 22.4 Å². The van der Waals surface area contributed by atoms with Crippen LogP contribution in [0, 0.1) is 0 Å². The SMILES string of the molecule is O=C(Cc1cccc2ccccc12)N1CCC(Oc2ncccn2)CC1. The molecule has 0 bridgehead atoms. The van der Waals surface area contributed by atoms with E-state index in [1.54, 1.807) is 18.5 Å². The fourth-order valence-corrected chi connectivity index (χ4v) is 3.44. The van der Waals surface area contributed by atoms with Crippen LogP contribution in [-0.2, 0) is 11.2 Å². The van der Waals surface area contributed by atoms with Crippen molar-refractivity contribution in [3.8, 4) is 6.01 Å². The lowest BCUT2D eigenvalue weighted by molar-refractivity contribution is -0.132. The molecule has 132 valence electrons. The number of carbonyl (C=O) groups excluding carboxylic acids is 1. The van der Waals surface area contributed by atoms with Crippen LogP contribution in [0.15, 0.2) is 60.9 Å². The van der Waals surface area contributed by atoms with E-state index in [0.29, 0.717) is 25.5 Å². The van der Waals surface area contributed by atoms with E-state index >= 15 is 0 Å². The lowest BCUT2D eigenvalue weighted by atomic mass is 10.0. The molecule has 0 N–H and O–H groups in total. The van der Waals surface area contributed by atoms with E-state index in [-0.39, 0.29) is 12.0 Å². The number of aromatic nitrogens is 2. The Bertz CT molecular complexity index is 885. The van der Waals surface area contributed by atoms with E-state index in [4.69, 9.17) is 4.74 Å². The third kappa shape index (κ3) is 3.67. The molecule has 1 aliphatic rings. The highest BCUT2D eigenvalue weighted by atomic mass is 16.5. The first-order valence-electron chi connectivity index (χ1n) is 8.98. The molecule has 0 saturated carbocycles. The summed E-state index contributed by atoms with van der Waals surface area (Å²) in [6.45, 7) is 1.42. The first-order chi connectivity index (χ1) is 12.8. The normalized spacial score (nSPS) is 15.2. The lowest BCUT2D eigenvalue weighted by Gasteiger charge is -2.31. The molecule has 0 spiro atoms. The van der Waals surface area contributed by atoms with Crippen LogP contribution in [0.1, 0.15) is 18.4 Å². The number of hydrogen-bond donors (Lipinski definition) is 0. The maximum absolute atomic E-state index is 12.7. The molecule has 1 saturated heterocycles. The summed E-state index contributed by atoms with van der Waals surface area (Å²) in [5.74, 6) is 0.177. The number of ether oxygens (including phenoxy) is 1. The van der Waals surface area contributed by atoms with Crippen molar-refractivity contribution in [1.82, 2.24) is 14.9 Å². The summed E-state index contributed by atoms with van der Waals surface area (Å²) in [5, 5.41) is 2.33. The molecular formula is C21H21N3O2. The summed E-state index contributed by atoms with van der Waals surface area (Å²) in [6, 6.07) is 16.5. The molecule has 2 heterocycles. The Hall–Kier alpha value is -2.95. The molecule has 4 rings (SSSR count). The van der Waals surface area contributed by atoms with E-state index in [1.165, 1.54) is 5.39 Å². The Balaban J connectivity index is 1.36. The van der Waals surface area contributed by atoms with Gasteiger partial charge in [-0.2, -0.15) is 0 Å². The summed E-state index contributed by atoms with van der Waals surface area (Å²) < 4.78 is 5.80. The molecule has 5 heteroatoms. The van der Waals surface area contributed by atoms with Gasteiger partial charge in [0.15, 0.2) is 0 Å². The number of rotatable bonds is 4. The number of likely N-dealkylation sites (tertiary alicyclic amines) is 1. The minimum absolute atomic E-state index is 0.0685. The maximum Gasteiger partial charge on any atom is 0.316 e. The molecule has 2 aromatic carbocycles. The van der Waals surface area contributed by atoms with E-state index in [0.717, 1.165) is 23.8 Å². The van der Waals surface area contributed by atoms with Gasteiger partial charge < -0.3 is 9.64 Å². The van der Waals surface area contributed by atoms with Gasteiger partial charge in [0.25, 0.3) is 0 Å². The van der Waals surface area contributed by atoms with E-state index in [9.17, 15) is 4.79 Å². The molecule has 0 unspecified atom stereocenters. The standard InChI is InChI=1S/C21H21N3O2/c25-20(15-17-7-3-6-16-5-1-2-8-19(16)17)24-13-9-18(10-14-24)26-21-22-11-4-12-23-21/h1-8,11-12,18H,9-10,13-15H2. The maximum atomic E-state index is 12.7. The second kappa shape index (κ2) is 7.52. The highest BCUT2D eigenvalue weighted by Gasteiger charge is 2.24. The van der Waals surface area contributed by atoms with E-state index in [2.05, 4.69) is 28.2 Å². The number of hydrogen-bond acceptors (Lipinski definition) is 4. The van der Waals surface area contributed by atoms with Crippen molar-refractivity contribution in [2.45, 2.75) is 25.4 Å². The van der Waals surface area contributed by atoms with Crippen LogP contribution in [0.4, 0.5) is 0 Å². The van der Waals surface area contributed by atoms with Gasteiger partial charge >= 0.3 is 6.01 Å². The van der Waals surface area contributed by atoms with E-state index in [1.807, 2.05) is 29.2 Å². The van der Waals surface area contributed by atoms with Crippen LogP contribution in [0.3, 0.4) is 0 Å². The molecule has 1 aliphatic heterocycles. The molecule has 5 nitrogen and oxygen atoms in total. The number of nitrogens with zero attached hydrogens (tertiary/aromatic N) is 3. The number of piperidine rings is 1. The average molecular weight is 347 g/mol. The summed E-state index contributed by atoms with van der Waals surface area (Å²) in [4.78, 5) is 22.9. The topological polar surface area (TPSA) is 55.3 Å². The van der Waals surface area contributed by atoms with Gasteiger partial charge in [-0.1, -0.05) is 42.5 Å². The van der Waals surface area contributed by atoms with Gasteiger partial charge in [-0.25, -0.2) is 9.97 Å². The fraction of sp³-hybridized carbons (Fsp3) is 0.286. The molecule has 0 aliphatic carbocycles. The van der Waals surface area contributed by atoms with Gasteiger partial charge in [-0.3, -0.25) is 4.79 Å². The zero-order valence-electron chi connectivity index (χ0n) is 14.5. The molecule has 0 radical (unpaired) electrons. The molecular weight excluding hydrogens is 326 g/mol. The number of fused-ring (bicyclic) bond motifs is 1. The molecule has 26 heavy (non-hydrogen) atoms. The molecule has 1 aromatic heterocycles. The van der Waals surface area contributed by atoms with E-state index < -0.39 is 0 Å². The van der Waals surface area contributed by atoms with Crippen molar-refractivity contribution in [2.75, 3.05) is 13.1 Å². The second-order valence-electron chi connectivity index (χ2n) is 6.54. The largest absolute Gasteiger partial charge is 0.460 e. The first-order valence-corrected chi connectivity index (χ1v) is 8.98. The zero-order chi connectivity index (χ0) is 17.8. The number of amides is 1. The Morgan fingerprint density at radius 1 is 1.00 bits per heavy atom. The van der Waals surface area contributed by atoms with Crippen LogP contribution in [0.25, 0.3) is 10.8 Å². The quantitative estimate of drug-likeness (QED) is 0.727. The zero-order valence-corrected chi connectivity index (χ0v) is 14.5. The van der Waals surface area contributed by atoms with Crippen LogP contribution in [0.5, 0.6) is 6.01 Å². The van der Waals surface area contributed by atoms with Crippen molar-refractivity contribution in [3.05, 3.63) is 66.5 Å². The molecule has 1 amide bonds. The predicted octanol–water partition coefficient (Wildman–Crippen LogP) is 3.24. The van der Waals surface area contributed by atoms with Gasteiger partial charge in [0, 0.05) is 38.3 Å². The Morgan fingerprint density at radius 3 is 2.54 bits per heavy atom. The van der Waals surface area contributed by atoms with Crippen molar-refractivity contribution >= 4 is 16.7 Å². The predicted molar refractivity (Wildman–Crippen MR) is 99.9 cm³/mol. The fourth-order valence-electron chi connectivity index (χ4n) is 3.44. The molecule has 1 fully saturated rings. The highest BCUT2D eigenvalue weighted by Crippen LogP contribution is 2.21. The number of carbonyl (C=O) groups is 1. The van der Waals surface area contributed by atoms with Crippen molar-refractivity contribution in [1.29, 1.82) is 0 Å². The number of benzene rings is 2. The first kappa shape index (κ1) is 16.5. The van der Waals surface area contributed by atoms with Crippen molar-refractivity contribution in [3.63, 3.8) is 0 Å². The minimum Gasteiger partial charge on any atom is -0.460 e.